The molecule has 2 nitrogen and oxygen atoms in total. The van der Waals surface area contributed by atoms with Crippen LogP contribution < -0.4 is 5.32 Å². The lowest BCUT2D eigenvalue weighted by Crippen LogP contribution is -2.17. The molecule has 15 heavy (non-hydrogen) atoms. The van der Waals surface area contributed by atoms with E-state index in [-0.39, 0.29) is 0 Å². The topological polar surface area (TPSA) is 25.2 Å². The Balaban J connectivity index is 1.60. The van der Waals surface area contributed by atoms with Crippen LogP contribution in [0.2, 0.25) is 0 Å². The maximum absolute atomic E-state index is 5.37. The van der Waals surface area contributed by atoms with Crippen LogP contribution in [0, 0.1) is 12.8 Å². The molecule has 1 aliphatic rings. The van der Waals surface area contributed by atoms with Crippen LogP contribution in [0.25, 0.3) is 0 Å². The molecule has 0 bridgehead atoms. The van der Waals surface area contributed by atoms with Crippen LogP contribution in [0.4, 0.5) is 0 Å². The fourth-order valence-electron chi connectivity index (χ4n) is 2.39. The van der Waals surface area contributed by atoms with Gasteiger partial charge in [0.05, 0.1) is 12.8 Å². The van der Waals surface area contributed by atoms with Crippen molar-refractivity contribution < 1.29 is 4.42 Å². The summed E-state index contributed by atoms with van der Waals surface area (Å²) in [4.78, 5) is 0. The zero-order valence-corrected chi connectivity index (χ0v) is 9.59. The smallest absolute Gasteiger partial charge is 0.120 e. The fraction of sp³-hybridized carbons (Fsp3) is 0.692. The van der Waals surface area contributed by atoms with E-state index in [0.29, 0.717) is 0 Å². The first kappa shape index (κ1) is 10.7. The summed E-state index contributed by atoms with van der Waals surface area (Å²) in [5, 5.41) is 3.46. The molecule has 1 heterocycles. The molecular formula is C13H21NO. The van der Waals surface area contributed by atoms with Gasteiger partial charge < -0.3 is 9.73 Å². The average molecular weight is 207 g/mol. The molecule has 0 amide bonds. The second-order valence-electron chi connectivity index (χ2n) is 4.64. The standard InChI is InChI=1S/C13H21NO/c1-11-7-9-15-13(11)10-14-8-6-12-4-2-3-5-12/h7,9,12,14H,2-6,8,10H2,1H3. The lowest BCUT2D eigenvalue weighted by atomic mass is 10.0. The van der Waals surface area contributed by atoms with Crippen molar-refractivity contribution >= 4 is 0 Å². The maximum atomic E-state index is 5.37. The van der Waals surface area contributed by atoms with E-state index in [0.717, 1.165) is 24.8 Å². The second-order valence-corrected chi connectivity index (χ2v) is 4.64. The van der Waals surface area contributed by atoms with Crippen molar-refractivity contribution in [1.29, 1.82) is 0 Å². The Bertz CT molecular complexity index is 286. The lowest BCUT2D eigenvalue weighted by Gasteiger charge is -2.09. The molecular weight excluding hydrogens is 186 g/mol. The summed E-state index contributed by atoms with van der Waals surface area (Å²) in [6.45, 7) is 4.11. The molecule has 0 unspecified atom stereocenters. The molecule has 1 aromatic rings. The number of hydrogen-bond acceptors (Lipinski definition) is 2. The Morgan fingerprint density at radius 1 is 1.40 bits per heavy atom. The predicted octanol–water partition coefficient (Wildman–Crippen LogP) is 3.26. The highest BCUT2D eigenvalue weighted by atomic mass is 16.3. The van der Waals surface area contributed by atoms with Crippen LogP contribution in [-0.2, 0) is 6.54 Å². The van der Waals surface area contributed by atoms with Gasteiger partial charge in [-0.1, -0.05) is 25.7 Å². The summed E-state index contributed by atoms with van der Waals surface area (Å²) in [7, 11) is 0. The van der Waals surface area contributed by atoms with Gasteiger partial charge in [0, 0.05) is 0 Å². The highest BCUT2D eigenvalue weighted by Gasteiger charge is 2.13. The van der Waals surface area contributed by atoms with Crippen molar-refractivity contribution in [3.8, 4) is 0 Å². The van der Waals surface area contributed by atoms with Crippen LogP contribution in [0.15, 0.2) is 16.7 Å². The number of hydrogen-bond donors (Lipinski definition) is 1. The first-order valence-electron chi connectivity index (χ1n) is 6.10. The van der Waals surface area contributed by atoms with Crippen LogP contribution in [-0.4, -0.2) is 6.54 Å². The third kappa shape index (κ3) is 3.10. The lowest BCUT2D eigenvalue weighted by molar-refractivity contribution is 0.445. The van der Waals surface area contributed by atoms with Crippen molar-refractivity contribution in [3.63, 3.8) is 0 Å². The average Bonchev–Trinajstić information content (AvgIpc) is 2.85. The molecule has 0 radical (unpaired) electrons. The van der Waals surface area contributed by atoms with E-state index in [1.54, 1.807) is 6.26 Å². The minimum atomic E-state index is 0.881. The molecule has 2 rings (SSSR count). The monoisotopic (exact) mass is 207 g/mol. The van der Waals surface area contributed by atoms with Gasteiger partial charge in [-0.25, -0.2) is 0 Å². The van der Waals surface area contributed by atoms with Crippen molar-refractivity contribution in [2.75, 3.05) is 6.54 Å². The highest BCUT2D eigenvalue weighted by Crippen LogP contribution is 2.26. The predicted molar refractivity (Wildman–Crippen MR) is 61.7 cm³/mol. The van der Waals surface area contributed by atoms with Crippen molar-refractivity contribution in [2.45, 2.75) is 45.6 Å². The van der Waals surface area contributed by atoms with Gasteiger partial charge >= 0.3 is 0 Å². The van der Waals surface area contributed by atoms with Crippen LogP contribution in [0.1, 0.15) is 43.4 Å². The van der Waals surface area contributed by atoms with E-state index in [1.807, 2.05) is 6.07 Å². The number of nitrogens with one attached hydrogen (secondary N) is 1. The Labute approximate surface area is 92.1 Å². The SMILES string of the molecule is Cc1ccoc1CNCCC1CCCC1. The molecule has 0 atom stereocenters. The van der Waals surface area contributed by atoms with E-state index in [4.69, 9.17) is 4.42 Å². The van der Waals surface area contributed by atoms with Gasteiger partial charge in [-0.05, 0) is 37.4 Å². The van der Waals surface area contributed by atoms with E-state index in [9.17, 15) is 0 Å². The normalized spacial score (nSPS) is 17.4. The summed E-state index contributed by atoms with van der Waals surface area (Å²) in [5.74, 6) is 2.07. The maximum Gasteiger partial charge on any atom is 0.120 e. The molecule has 0 aliphatic heterocycles. The number of rotatable bonds is 5. The van der Waals surface area contributed by atoms with Gasteiger partial charge in [0.1, 0.15) is 5.76 Å². The van der Waals surface area contributed by atoms with E-state index < -0.39 is 0 Å². The fourth-order valence-corrected chi connectivity index (χ4v) is 2.39. The Kier molecular flexibility index (Phi) is 3.84. The van der Waals surface area contributed by atoms with Gasteiger partial charge in [-0.3, -0.25) is 0 Å². The summed E-state index contributed by atoms with van der Waals surface area (Å²) >= 11 is 0. The minimum absolute atomic E-state index is 0.881. The molecule has 0 spiro atoms. The third-order valence-corrected chi connectivity index (χ3v) is 3.46. The molecule has 0 saturated heterocycles. The molecule has 1 fully saturated rings. The summed E-state index contributed by atoms with van der Waals surface area (Å²) in [5.41, 5.74) is 1.25. The quantitative estimate of drug-likeness (QED) is 0.750. The molecule has 1 aliphatic carbocycles. The number of aryl methyl sites for hydroxylation is 1. The van der Waals surface area contributed by atoms with Gasteiger partial charge in [0.15, 0.2) is 0 Å². The Hall–Kier alpha value is -0.760. The minimum Gasteiger partial charge on any atom is -0.468 e. The Morgan fingerprint density at radius 2 is 2.20 bits per heavy atom. The number of furan rings is 1. The van der Waals surface area contributed by atoms with Gasteiger partial charge in [0.2, 0.25) is 0 Å². The van der Waals surface area contributed by atoms with Gasteiger partial charge in [0.25, 0.3) is 0 Å². The van der Waals surface area contributed by atoms with Crippen molar-refractivity contribution in [2.24, 2.45) is 5.92 Å². The molecule has 1 N–H and O–H groups in total. The zero-order valence-electron chi connectivity index (χ0n) is 9.59. The van der Waals surface area contributed by atoms with E-state index in [2.05, 4.69) is 12.2 Å². The largest absolute Gasteiger partial charge is 0.468 e. The van der Waals surface area contributed by atoms with E-state index in [1.165, 1.54) is 37.7 Å². The van der Waals surface area contributed by atoms with Crippen molar-refractivity contribution in [1.82, 2.24) is 5.32 Å². The van der Waals surface area contributed by atoms with Crippen molar-refractivity contribution in [3.05, 3.63) is 23.7 Å². The molecule has 1 aromatic heterocycles. The van der Waals surface area contributed by atoms with E-state index >= 15 is 0 Å². The van der Waals surface area contributed by atoms with Crippen LogP contribution in [0.3, 0.4) is 0 Å². The summed E-state index contributed by atoms with van der Waals surface area (Å²) in [6.07, 6.45) is 8.88. The summed E-state index contributed by atoms with van der Waals surface area (Å²) in [6, 6.07) is 2.02. The third-order valence-electron chi connectivity index (χ3n) is 3.46. The molecule has 84 valence electrons. The molecule has 1 saturated carbocycles. The summed E-state index contributed by atoms with van der Waals surface area (Å²) < 4.78 is 5.37. The highest BCUT2D eigenvalue weighted by molar-refractivity contribution is 5.13. The molecule has 2 heteroatoms. The van der Waals surface area contributed by atoms with Gasteiger partial charge in [-0.2, -0.15) is 0 Å². The molecule has 0 aromatic carbocycles. The first-order valence-corrected chi connectivity index (χ1v) is 6.10. The van der Waals surface area contributed by atoms with Crippen LogP contribution in [0.5, 0.6) is 0 Å². The first-order chi connectivity index (χ1) is 7.36. The van der Waals surface area contributed by atoms with Crippen LogP contribution >= 0.6 is 0 Å². The zero-order chi connectivity index (χ0) is 10.5. The Morgan fingerprint density at radius 3 is 2.87 bits per heavy atom. The van der Waals surface area contributed by atoms with Gasteiger partial charge in [-0.15, -0.1) is 0 Å². The second kappa shape index (κ2) is 5.36.